The summed E-state index contributed by atoms with van der Waals surface area (Å²) in [7, 11) is 1.56. The third-order valence-corrected chi connectivity index (χ3v) is 4.36. The van der Waals surface area contributed by atoms with E-state index in [9.17, 15) is 4.79 Å². The minimum absolute atomic E-state index is 0.103. The molecule has 25 heavy (non-hydrogen) atoms. The van der Waals surface area contributed by atoms with Crippen LogP contribution in [0.15, 0.2) is 60.8 Å². The lowest BCUT2D eigenvalue weighted by molar-refractivity contribution is -0.118. The number of ether oxygens (including phenoxy) is 2. The van der Waals surface area contributed by atoms with E-state index < -0.39 is 0 Å². The maximum atomic E-state index is 12.0. The van der Waals surface area contributed by atoms with E-state index in [4.69, 9.17) is 9.47 Å². The van der Waals surface area contributed by atoms with Gasteiger partial charge in [0.2, 0.25) is 0 Å². The van der Waals surface area contributed by atoms with E-state index in [1.165, 1.54) is 16.9 Å². The average Bonchev–Trinajstić information content (AvgIpc) is 3.07. The van der Waals surface area contributed by atoms with Crippen LogP contribution < -0.4 is 14.8 Å². The SMILES string of the molecule is COc1ccccc1OCC(=O)Nc1ncc(Cc2ccccc2)s1. The van der Waals surface area contributed by atoms with Crippen LogP contribution in [0.5, 0.6) is 11.5 Å². The number of anilines is 1. The summed E-state index contributed by atoms with van der Waals surface area (Å²) in [5, 5.41) is 3.33. The minimum atomic E-state index is -0.258. The molecule has 0 bridgehead atoms. The van der Waals surface area contributed by atoms with Crippen molar-refractivity contribution in [2.24, 2.45) is 0 Å². The van der Waals surface area contributed by atoms with Gasteiger partial charge in [-0.05, 0) is 17.7 Å². The summed E-state index contributed by atoms with van der Waals surface area (Å²) in [5.74, 6) is 0.866. The summed E-state index contributed by atoms with van der Waals surface area (Å²) in [6.45, 7) is -0.103. The predicted molar refractivity (Wildman–Crippen MR) is 98.5 cm³/mol. The number of amides is 1. The van der Waals surface area contributed by atoms with Crippen molar-refractivity contribution in [2.45, 2.75) is 6.42 Å². The van der Waals surface area contributed by atoms with Gasteiger partial charge in [0.25, 0.3) is 5.91 Å². The lowest BCUT2D eigenvalue weighted by Gasteiger charge is -2.09. The first kappa shape index (κ1) is 17.0. The maximum absolute atomic E-state index is 12.0. The van der Waals surface area contributed by atoms with Crippen molar-refractivity contribution < 1.29 is 14.3 Å². The molecular formula is C19H18N2O3S. The first-order valence-electron chi connectivity index (χ1n) is 7.79. The highest BCUT2D eigenvalue weighted by atomic mass is 32.1. The van der Waals surface area contributed by atoms with Crippen molar-refractivity contribution in [2.75, 3.05) is 19.0 Å². The van der Waals surface area contributed by atoms with Crippen LogP contribution >= 0.6 is 11.3 Å². The first-order chi connectivity index (χ1) is 12.2. The van der Waals surface area contributed by atoms with Gasteiger partial charge < -0.3 is 9.47 Å². The predicted octanol–water partition coefficient (Wildman–Crippen LogP) is 3.76. The van der Waals surface area contributed by atoms with Crippen molar-refractivity contribution in [1.29, 1.82) is 0 Å². The van der Waals surface area contributed by atoms with Crippen molar-refractivity contribution in [3.05, 3.63) is 71.2 Å². The molecule has 1 N–H and O–H groups in total. The standard InChI is InChI=1S/C19H18N2O3S/c1-23-16-9-5-6-10-17(16)24-13-18(22)21-19-20-12-15(25-19)11-14-7-3-2-4-8-14/h2-10,12H,11,13H2,1H3,(H,20,21,22). The molecule has 6 heteroatoms. The molecule has 0 aliphatic carbocycles. The number of thiazole rings is 1. The van der Waals surface area contributed by atoms with E-state index in [0.717, 1.165) is 11.3 Å². The number of hydrogen-bond donors (Lipinski definition) is 1. The molecule has 0 unspecified atom stereocenters. The fourth-order valence-electron chi connectivity index (χ4n) is 2.28. The van der Waals surface area contributed by atoms with Crippen molar-refractivity contribution in [1.82, 2.24) is 4.98 Å². The van der Waals surface area contributed by atoms with Gasteiger partial charge in [-0.15, -0.1) is 11.3 Å². The summed E-state index contributed by atoms with van der Waals surface area (Å²) < 4.78 is 10.7. The summed E-state index contributed by atoms with van der Waals surface area (Å²) in [5.41, 5.74) is 1.21. The molecule has 0 radical (unpaired) electrons. The van der Waals surface area contributed by atoms with Gasteiger partial charge in [0.05, 0.1) is 7.11 Å². The van der Waals surface area contributed by atoms with E-state index in [1.54, 1.807) is 25.4 Å². The van der Waals surface area contributed by atoms with Gasteiger partial charge in [-0.25, -0.2) is 4.98 Å². The van der Waals surface area contributed by atoms with Crippen LogP contribution in [-0.4, -0.2) is 24.6 Å². The van der Waals surface area contributed by atoms with Gasteiger partial charge >= 0.3 is 0 Å². The third-order valence-electron chi connectivity index (χ3n) is 3.45. The fraction of sp³-hybridized carbons (Fsp3) is 0.158. The van der Waals surface area contributed by atoms with Crippen LogP contribution in [0.2, 0.25) is 0 Å². The average molecular weight is 354 g/mol. The van der Waals surface area contributed by atoms with Crippen LogP contribution in [0.1, 0.15) is 10.4 Å². The Kier molecular flexibility index (Phi) is 5.64. The second-order valence-electron chi connectivity index (χ2n) is 5.28. The van der Waals surface area contributed by atoms with Gasteiger partial charge in [-0.2, -0.15) is 0 Å². The molecule has 0 saturated heterocycles. The van der Waals surface area contributed by atoms with Crippen molar-refractivity contribution in [3.63, 3.8) is 0 Å². The lowest BCUT2D eigenvalue weighted by Crippen LogP contribution is -2.20. The van der Waals surface area contributed by atoms with Gasteiger partial charge in [0.1, 0.15) is 0 Å². The highest BCUT2D eigenvalue weighted by molar-refractivity contribution is 7.15. The quantitative estimate of drug-likeness (QED) is 0.702. The Labute approximate surface area is 150 Å². The van der Waals surface area contributed by atoms with E-state index in [0.29, 0.717) is 16.6 Å². The summed E-state index contributed by atoms with van der Waals surface area (Å²) >= 11 is 1.46. The van der Waals surface area contributed by atoms with E-state index >= 15 is 0 Å². The normalized spacial score (nSPS) is 10.3. The Bertz CT molecular complexity index is 833. The number of rotatable bonds is 7. The number of para-hydroxylation sites is 2. The number of nitrogens with zero attached hydrogens (tertiary/aromatic N) is 1. The Morgan fingerprint density at radius 3 is 2.56 bits per heavy atom. The molecule has 0 spiro atoms. The van der Waals surface area contributed by atoms with Crippen molar-refractivity contribution in [3.8, 4) is 11.5 Å². The van der Waals surface area contributed by atoms with Crippen LogP contribution in [0.4, 0.5) is 5.13 Å². The highest BCUT2D eigenvalue weighted by Crippen LogP contribution is 2.26. The van der Waals surface area contributed by atoms with Crippen LogP contribution in [0.25, 0.3) is 0 Å². The van der Waals surface area contributed by atoms with Crippen LogP contribution in [0, 0.1) is 0 Å². The van der Waals surface area contributed by atoms with E-state index in [-0.39, 0.29) is 12.5 Å². The number of benzene rings is 2. The monoisotopic (exact) mass is 354 g/mol. The zero-order chi connectivity index (χ0) is 17.5. The molecule has 0 fully saturated rings. The third kappa shape index (κ3) is 4.81. The maximum Gasteiger partial charge on any atom is 0.264 e. The number of carbonyl (C=O) groups excluding carboxylic acids is 1. The highest BCUT2D eigenvalue weighted by Gasteiger charge is 2.10. The van der Waals surface area contributed by atoms with Gasteiger partial charge in [-0.1, -0.05) is 42.5 Å². The number of carbonyl (C=O) groups is 1. The molecular weight excluding hydrogens is 336 g/mol. The fourth-order valence-corrected chi connectivity index (χ4v) is 3.14. The molecule has 128 valence electrons. The Balaban J connectivity index is 1.53. The zero-order valence-corrected chi connectivity index (χ0v) is 14.6. The number of hydrogen-bond acceptors (Lipinski definition) is 5. The number of methoxy groups -OCH3 is 1. The topological polar surface area (TPSA) is 60.5 Å². The molecule has 3 aromatic rings. The van der Waals surface area contributed by atoms with Gasteiger partial charge in [0, 0.05) is 17.5 Å². The van der Waals surface area contributed by atoms with Crippen LogP contribution in [0.3, 0.4) is 0 Å². The number of aromatic nitrogens is 1. The minimum Gasteiger partial charge on any atom is -0.493 e. The number of nitrogens with one attached hydrogen (secondary N) is 1. The zero-order valence-electron chi connectivity index (χ0n) is 13.8. The summed E-state index contributed by atoms with van der Waals surface area (Å²) in [6, 6.07) is 17.4. The lowest BCUT2D eigenvalue weighted by atomic mass is 10.1. The molecule has 1 amide bonds. The largest absolute Gasteiger partial charge is 0.493 e. The van der Waals surface area contributed by atoms with Gasteiger partial charge in [-0.3, -0.25) is 10.1 Å². The molecule has 0 aliphatic heterocycles. The summed E-state index contributed by atoms with van der Waals surface area (Å²) in [4.78, 5) is 17.4. The van der Waals surface area contributed by atoms with Crippen LogP contribution in [-0.2, 0) is 11.2 Å². The van der Waals surface area contributed by atoms with Crippen molar-refractivity contribution >= 4 is 22.4 Å². The molecule has 1 aromatic heterocycles. The van der Waals surface area contributed by atoms with E-state index in [1.807, 2.05) is 30.3 Å². The summed E-state index contributed by atoms with van der Waals surface area (Å²) in [6.07, 6.45) is 2.58. The molecule has 1 heterocycles. The smallest absolute Gasteiger partial charge is 0.264 e. The molecule has 0 aliphatic rings. The van der Waals surface area contributed by atoms with Gasteiger partial charge in [0.15, 0.2) is 23.2 Å². The molecule has 0 atom stereocenters. The molecule has 2 aromatic carbocycles. The molecule has 0 saturated carbocycles. The Hall–Kier alpha value is -2.86. The second-order valence-corrected chi connectivity index (χ2v) is 6.40. The van der Waals surface area contributed by atoms with E-state index in [2.05, 4.69) is 22.4 Å². The first-order valence-corrected chi connectivity index (χ1v) is 8.60. The molecule has 5 nitrogen and oxygen atoms in total. The second kappa shape index (κ2) is 8.30. The molecule has 3 rings (SSSR count). The Morgan fingerprint density at radius 1 is 1.08 bits per heavy atom. The Morgan fingerprint density at radius 2 is 1.80 bits per heavy atom.